The van der Waals surface area contributed by atoms with E-state index in [0.29, 0.717) is 24.3 Å². The Labute approximate surface area is 228 Å². The van der Waals surface area contributed by atoms with E-state index in [1.54, 1.807) is 45.0 Å². The van der Waals surface area contributed by atoms with Gasteiger partial charge in [0, 0.05) is 63.2 Å². The zero-order valence-electron chi connectivity index (χ0n) is 23.1. The fraction of sp³-hybridized carbons (Fsp3) is 0.536. The van der Waals surface area contributed by atoms with E-state index in [0.717, 1.165) is 19.3 Å². The Bertz CT molecular complexity index is 1100. The predicted octanol–water partition coefficient (Wildman–Crippen LogP) is 2.58. The Balaban J connectivity index is 0.000000276. The van der Waals surface area contributed by atoms with Crippen molar-refractivity contribution in [2.24, 2.45) is 11.8 Å². The van der Waals surface area contributed by atoms with Crippen LogP contribution in [0.4, 0.5) is 11.4 Å². The first kappa shape index (κ1) is 31.3. The van der Waals surface area contributed by atoms with Gasteiger partial charge in [0.05, 0.1) is 5.69 Å². The second-order valence-corrected chi connectivity index (χ2v) is 10.0. The van der Waals surface area contributed by atoms with E-state index in [1.807, 2.05) is 0 Å². The largest absolute Gasteiger partial charge is 0.356 e. The summed E-state index contributed by atoms with van der Waals surface area (Å²) in [7, 11) is 0. The summed E-state index contributed by atoms with van der Waals surface area (Å²) in [6.07, 6.45) is 3.82. The van der Waals surface area contributed by atoms with Crippen LogP contribution >= 0.6 is 0 Å². The number of ketones is 1. The first-order chi connectivity index (χ1) is 18.4. The van der Waals surface area contributed by atoms with Gasteiger partial charge in [-0.1, -0.05) is 20.3 Å². The molecule has 3 rings (SSSR count). The number of nitrogens with zero attached hydrogens (tertiary/aromatic N) is 2. The third-order valence-corrected chi connectivity index (χ3v) is 6.38. The third-order valence-electron chi connectivity index (χ3n) is 6.38. The SMILES string of the molecule is CC(=O)CCCCCNC(=O)CCN1C(=O)CC(C)C1=O.CC(=O)Nc1ccc(N2C(=O)CC(C)C2=O)cc1. The zero-order valence-corrected chi connectivity index (χ0v) is 23.1. The van der Waals surface area contributed by atoms with E-state index in [2.05, 4.69) is 10.6 Å². The number of hydrogen-bond donors (Lipinski definition) is 2. The number of carbonyl (C=O) groups is 7. The highest BCUT2D eigenvalue weighted by molar-refractivity contribution is 6.20. The molecular weight excluding hydrogens is 504 g/mol. The van der Waals surface area contributed by atoms with Crippen LogP contribution < -0.4 is 15.5 Å². The van der Waals surface area contributed by atoms with Crippen LogP contribution in [-0.2, 0) is 33.6 Å². The van der Waals surface area contributed by atoms with Crippen molar-refractivity contribution in [3.8, 4) is 0 Å². The molecule has 6 amide bonds. The Morgan fingerprint density at radius 2 is 1.44 bits per heavy atom. The Kier molecular flexibility index (Phi) is 12.0. The van der Waals surface area contributed by atoms with Gasteiger partial charge in [-0.15, -0.1) is 0 Å². The summed E-state index contributed by atoms with van der Waals surface area (Å²) in [6.45, 7) is 7.19. The Morgan fingerprint density at radius 1 is 0.821 bits per heavy atom. The van der Waals surface area contributed by atoms with Gasteiger partial charge in [-0.05, 0) is 44.0 Å². The van der Waals surface area contributed by atoms with Crippen LogP contribution in [-0.4, -0.2) is 59.2 Å². The van der Waals surface area contributed by atoms with Gasteiger partial charge in [0.2, 0.25) is 35.4 Å². The minimum Gasteiger partial charge on any atom is -0.356 e. The highest BCUT2D eigenvalue weighted by Gasteiger charge is 2.36. The summed E-state index contributed by atoms with van der Waals surface area (Å²) in [5.74, 6) is -1.37. The van der Waals surface area contributed by atoms with Crippen LogP contribution in [0.1, 0.15) is 72.6 Å². The van der Waals surface area contributed by atoms with Crippen LogP contribution in [0.25, 0.3) is 0 Å². The van der Waals surface area contributed by atoms with Gasteiger partial charge >= 0.3 is 0 Å². The highest BCUT2D eigenvalue weighted by atomic mass is 16.2. The molecule has 2 aliphatic rings. The maximum Gasteiger partial charge on any atom is 0.237 e. The third kappa shape index (κ3) is 9.73. The van der Waals surface area contributed by atoms with E-state index >= 15 is 0 Å². The first-order valence-electron chi connectivity index (χ1n) is 13.3. The molecule has 2 heterocycles. The average Bonchev–Trinajstić information content (AvgIpc) is 3.26. The van der Waals surface area contributed by atoms with Crippen LogP contribution in [0.5, 0.6) is 0 Å². The lowest BCUT2D eigenvalue weighted by molar-refractivity contribution is -0.139. The minimum atomic E-state index is -0.262. The van der Waals surface area contributed by atoms with E-state index in [4.69, 9.17) is 0 Å². The molecule has 11 nitrogen and oxygen atoms in total. The average molecular weight is 543 g/mol. The maximum atomic E-state index is 11.8. The van der Waals surface area contributed by atoms with Gasteiger partial charge < -0.3 is 15.4 Å². The molecule has 0 radical (unpaired) electrons. The minimum absolute atomic E-state index is 0.150. The number of imide groups is 2. The van der Waals surface area contributed by atoms with Crippen molar-refractivity contribution in [3.05, 3.63) is 24.3 Å². The van der Waals surface area contributed by atoms with E-state index in [-0.39, 0.29) is 78.9 Å². The molecule has 1 aromatic carbocycles. The first-order valence-corrected chi connectivity index (χ1v) is 13.3. The van der Waals surface area contributed by atoms with Crippen molar-refractivity contribution in [1.29, 1.82) is 0 Å². The molecular formula is C28H38N4O7. The molecule has 2 saturated heterocycles. The second kappa shape index (κ2) is 14.9. The number of likely N-dealkylation sites (tertiary alicyclic amines) is 1. The van der Waals surface area contributed by atoms with Crippen LogP contribution in [0.3, 0.4) is 0 Å². The zero-order chi connectivity index (χ0) is 29.1. The molecule has 2 unspecified atom stereocenters. The summed E-state index contributed by atoms with van der Waals surface area (Å²) < 4.78 is 0. The van der Waals surface area contributed by atoms with Gasteiger partial charge in [-0.25, -0.2) is 0 Å². The van der Waals surface area contributed by atoms with Crippen LogP contribution in [0.15, 0.2) is 24.3 Å². The van der Waals surface area contributed by atoms with Crippen molar-refractivity contribution in [1.82, 2.24) is 10.2 Å². The molecule has 0 spiro atoms. The number of benzene rings is 1. The summed E-state index contributed by atoms with van der Waals surface area (Å²) in [5.41, 5.74) is 1.18. The van der Waals surface area contributed by atoms with Crippen molar-refractivity contribution in [3.63, 3.8) is 0 Å². The summed E-state index contributed by atoms with van der Waals surface area (Å²) in [6, 6.07) is 6.64. The quantitative estimate of drug-likeness (QED) is 0.322. The Morgan fingerprint density at radius 3 is 1.95 bits per heavy atom. The van der Waals surface area contributed by atoms with E-state index in [1.165, 1.54) is 16.7 Å². The van der Waals surface area contributed by atoms with Gasteiger partial charge in [0.25, 0.3) is 0 Å². The molecule has 0 aromatic heterocycles. The van der Waals surface area contributed by atoms with Crippen molar-refractivity contribution >= 4 is 52.6 Å². The van der Waals surface area contributed by atoms with Crippen molar-refractivity contribution in [2.75, 3.05) is 23.3 Å². The molecule has 2 N–H and O–H groups in total. The lowest BCUT2D eigenvalue weighted by Gasteiger charge is -2.14. The number of nitrogens with one attached hydrogen (secondary N) is 2. The lowest BCUT2D eigenvalue weighted by atomic mass is 10.1. The monoisotopic (exact) mass is 542 g/mol. The molecule has 2 atom stereocenters. The molecule has 0 bridgehead atoms. The molecule has 212 valence electrons. The fourth-order valence-corrected chi connectivity index (χ4v) is 4.24. The number of Topliss-reactive ketones (excluding diaryl/α,β-unsaturated/α-hetero) is 1. The molecule has 39 heavy (non-hydrogen) atoms. The number of rotatable bonds is 11. The van der Waals surface area contributed by atoms with Gasteiger partial charge in [0.1, 0.15) is 5.78 Å². The normalized spacial score (nSPS) is 18.7. The summed E-state index contributed by atoms with van der Waals surface area (Å²) >= 11 is 0. The van der Waals surface area contributed by atoms with Crippen molar-refractivity contribution < 1.29 is 33.6 Å². The number of hydrogen-bond acceptors (Lipinski definition) is 7. The van der Waals surface area contributed by atoms with E-state index < -0.39 is 0 Å². The maximum absolute atomic E-state index is 11.8. The molecule has 2 aliphatic heterocycles. The topological polar surface area (TPSA) is 150 Å². The van der Waals surface area contributed by atoms with Gasteiger partial charge in [0.15, 0.2) is 0 Å². The number of anilines is 2. The molecule has 0 aliphatic carbocycles. The molecule has 1 aromatic rings. The molecule has 2 fully saturated rings. The predicted molar refractivity (Wildman–Crippen MR) is 144 cm³/mol. The van der Waals surface area contributed by atoms with E-state index in [9.17, 15) is 33.6 Å². The van der Waals surface area contributed by atoms with Crippen LogP contribution in [0, 0.1) is 11.8 Å². The second-order valence-electron chi connectivity index (χ2n) is 10.0. The van der Waals surface area contributed by atoms with Gasteiger partial charge in [-0.3, -0.25) is 38.6 Å². The van der Waals surface area contributed by atoms with Crippen molar-refractivity contribution in [2.45, 2.75) is 72.6 Å². The highest BCUT2D eigenvalue weighted by Crippen LogP contribution is 2.27. The Hall–Kier alpha value is -3.89. The lowest BCUT2D eigenvalue weighted by Crippen LogP contribution is -2.35. The van der Waals surface area contributed by atoms with Crippen LogP contribution in [0.2, 0.25) is 0 Å². The molecule has 0 saturated carbocycles. The summed E-state index contributed by atoms with van der Waals surface area (Å²) in [5, 5.41) is 5.39. The number of carbonyl (C=O) groups excluding carboxylic acids is 7. The number of amides is 6. The number of unbranched alkanes of at least 4 members (excludes halogenated alkanes) is 2. The van der Waals surface area contributed by atoms with Gasteiger partial charge in [-0.2, -0.15) is 0 Å². The fourth-order valence-electron chi connectivity index (χ4n) is 4.24. The molecule has 11 heteroatoms. The standard InChI is InChI=1S/C15H24N2O4.C13H14N2O3/c1-11-10-14(20)17(15(11)21)9-7-13(19)16-8-5-3-4-6-12(2)18;1-8-7-12(17)15(13(8)18)11-5-3-10(4-6-11)14-9(2)16/h11H,3-10H2,1-2H3,(H,16,19);3-6,8H,7H2,1-2H3,(H,14,16). The summed E-state index contributed by atoms with van der Waals surface area (Å²) in [4.78, 5) is 82.3. The smallest absolute Gasteiger partial charge is 0.237 e.